The molecule has 3 heterocycles. The highest BCUT2D eigenvalue weighted by atomic mass is 32.1. The Morgan fingerprint density at radius 3 is 2.62 bits per heavy atom. The highest BCUT2D eigenvalue weighted by molar-refractivity contribution is 7.09. The quantitative estimate of drug-likeness (QED) is 0.596. The van der Waals surface area contributed by atoms with E-state index in [0.29, 0.717) is 5.56 Å². The first kappa shape index (κ1) is 16.4. The minimum atomic E-state index is -0.206. The molecule has 0 aliphatic carbocycles. The normalized spacial score (nSPS) is 11.0. The maximum atomic E-state index is 12.6. The molecule has 0 aliphatic heterocycles. The molecule has 0 bridgehead atoms. The van der Waals surface area contributed by atoms with Crippen molar-refractivity contribution in [2.45, 2.75) is 20.8 Å². The number of aryl methyl sites for hydroxylation is 3. The molecule has 0 spiro atoms. The number of thiazole rings is 1. The van der Waals surface area contributed by atoms with Crippen LogP contribution in [-0.4, -0.2) is 25.5 Å². The van der Waals surface area contributed by atoms with Crippen molar-refractivity contribution in [3.8, 4) is 11.3 Å². The summed E-state index contributed by atoms with van der Waals surface area (Å²) in [5.41, 5.74) is 5.56. The minimum Gasteiger partial charge on any atom is -0.322 e. The maximum absolute atomic E-state index is 12.6. The van der Waals surface area contributed by atoms with Crippen molar-refractivity contribution in [3.63, 3.8) is 0 Å². The molecule has 0 fully saturated rings. The van der Waals surface area contributed by atoms with Crippen LogP contribution < -0.4 is 5.32 Å². The maximum Gasteiger partial charge on any atom is 0.259 e. The first-order chi connectivity index (χ1) is 12.5. The zero-order valence-corrected chi connectivity index (χ0v) is 15.5. The molecule has 3 aromatic heterocycles. The van der Waals surface area contributed by atoms with Crippen molar-refractivity contribution in [1.29, 1.82) is 0 Å². The van der Waals surface area contributed by atoms with Crippen molar-refractivity contribution in [1.82, 2.24) is 19.6 Å². The van der Waals surface area contributed by atoms with E-state index in [1.54, 1.807) is 22.0 Å². The molecule has 1 N–H and O–H groups in total. The summed E-state index contributed by atoms with van der Waals surface area (Å²) in [4.78, 5) is 21.4. The summed E-state index contributed by atoms with van der Waals surface area (Å²) in [6.45, 7) is 5.75. The van der Waals surface area contributed by atoms with E-state index < -0.39 is 0 Å². The fourth-order valence-electron chi connectivity index (χ4n) is 2.80. The Hall–Kier alpha value is -3.06. The van der Waals surface area contributed by atoms with Gasteiger partial charge in [0.15, 0.2) is 5.65 Å². The van der Waals surface area contributed by atoms with Crippen LogP contribution in [0.5, 0.6) is 0 Å². The highest BCUT2D eigenvalue weighted by Crippen LogP contribution is 2.23. The fraction of sp³-hybridized carbons (Fsp3) is 0.158. The number of hydrogen-bond acceptors (Lipinski definition) is 5. The number of hydrogen-bond donors (Lipinski definition) is 1. The van der Waals surface area contributed by atoms with Gasteiger partial charge in [0.05, 0.1) is 27.7 Å². The number of nitrogens with zero attached hydrogens (tertiary/aromatic N) is 4. The predicted molar refractivity (Wildman–Crippen MR) is 103 cm³/mol. The van der Waals surface area contributed by atoms with E-state index in [1.807, 2.05) is 56.5 Å². The second-order valence-corrected chi connectivity index (χ2v) is 7.16. The molecule has 6 nitrogen and oxygen atoms in total. The minimum absolute atomic E-state index is 0.206. The molecular formula is C19H17N5OS. The molecule has 0 saturated heterocycles. The van der Waals surface area contributed by atoms with E-state index in [-0.39, 0.29) is 5.91 Å². The number of carbonyl (C=O) groups is 1. The monoisotopic (exact) mass is 363 g/mol. The lowest BCUT2D eigenvalue weighted by molar-refractivity contribution is 0.102. The van der Waals surface area contributed by atoms with Crippen LogP contribution in [0.2, 0.25) is 0 Å². The van der Waals surface area contributed by atoms with Crippen LogP contribution in [0.25, 0.3) is 16.9 Å². The topological polar surface area (TPSA) is 72.2 Å². The van der Waals surface area contributed by atoms with E-state index in [4.69, 9.17) is 0 Å². The van der Waals surface area contributed by atoms with Gasteiger partial charge in [0.2, 0.25) is 0 Å². The number of aromatic nitrogens is 4. The fourth-order valence-corrected chi connectivity index (χ4v) is 3.43. The highest BCUT2D eigenvalue weighted by Gasteiger charge is 2.14. The molecule has 0 radical (unpaired) electrons. The van der Waals surface area contributed by atoms with Crippen molar-refractivity contribution in [2.75, 3.05) is 5.32 Å². The van der Waals surface area contributed by atoms with Crippen LogP contribution in [0.1, 0.15) is 26.8 Å². The van der Waals surface area contributed by atoms with Gasteiger partial charge in [-0.05, 0) is 32.9 Å². The number of rotatable bonds is 3. The predicted octanol–water partition coefficient (Wildman–Crippen LogP) is 4.03. The van der Waals surface area contributed by atoms with Crippen LogP contribution in [0.3, 0.4) is 0 Å². The van der Waals surface area contributed by atoms with Gasteiger partial charge in [-0.15, -0.1) is 11.3 Å². The Bertz CT molecular complexity index is 1110. The summed E-state index contributed by atoms with van der Waals surface area (Å²) in [5.74, 6) is -0.206. The molecule has 0 aliphatic rings. The SMILES string of the molecule is Cc1cc2ncc(C(=O)Nc3ccc(-c4csc(C)n4)cc3)c(C)n2n1. The first-order valence-corrected chi connectivity index (χ1v) is 9.05. The molecule has 0 unspecified atom stereocenters. The Balaban J connectivity index is 1.57. The molecule has 0 atom stereocenters. The van der Waals surface area contributed by atoms with E-state index >= 15 is 0 Å². The number of anilines is 1. The molecule has 7 heteroatoms. The summed E-state index contributed by atoms with van der Waals surface area (Å²) in [6, 6.07) is 9.54. The van der Waals surface area contributed by atoms with Crippen LogP contribution >= 0.6 is 11.3 Å². The van der Waals surface area contributed by atoms with Gasteiger partial charge >= 0.3 is 0 Å². The third-order valence-electron chi connectivity index (χ3n) is 4.15. The number of carbonyl (C=O) groups excluding carboxylic acids is 1. The largest absolute Gasteiger partial charge is 0.322 e. The van der Waals surface area contributed by atoms with Crippen molar-refractivity contribution < 1.29 is 4.79 Å². The molecule has 1 amide bonds. The van der Waals surface area contributed by atoms with Gasteiger partial charge in [-0.1, -0.05) is 12.1 Å². The third-order valence-corrected chi connectivity index (χ3v) is 4.92. The van der Waals surface area contributed by atoms with Gasteiger partial charge in [0.25, 0.3) is 5.91 Å². The average molecular weight is 363 g/mol. The van der Waals surface area contributed by atoms with Crippen molar-refractivity contribution in [3.05, 3.63) is 63.9 Å². The molecule has 26 heavy (non-hydrogen) atoms. The Labute approximate surface area is 154 Å². The van der Waals surface area contributed by atoms with Gasteiger partial charge < -0.3 is 5.32 Å². The number of fused-ring (bicyclic) bond motifs is 1. The third kappa shape index (κ3) is 2.97. The first-order valence-electron chi connectivity index (χ1n) is 8.17. The molecular weight excluding hydrogens is 346 g/mol. The zero-order valence-electron chi connectivity index (χ0n) is 14.6. The number of nitrogens with one attached hydrogen (secondary N) is 1. The number of amides is 1. The summed E-state index contributed by atoms with van der Waals surface area (Å²) >= 11 is 1.62. The lowest BCUT2D eigenvalue weighted by Gasteiger charge is -2.09. The lowest BCUT2D eigenvalue weighted by atomic mass is 10.1. The smallest absolute Gasteiger partial charge is 0.259 e. The van der Waals surface area contributed by atoms with E-state index in [9.17, 15) is 4.79 Å². The van der Waals surface area contributed by atoms with Crippen LogP contribution in [0.15, 0.2) is 41.9 Å². The van der Waals surface area contributed by atoms with Gasteiger partial charge in [-0.3, -0.25) is 4.79 Å². The van der Waals surface area contributed by atoms with E-state index in [1.165, 1.54) is 0 Å². The van der Waals surface area contributed by atoms with Crippen molar-refractivity contribution >= 4 is 28.6 Å². The van der Waals surface area contributed by atoms with Crippen LogP contribution in [0, 0.1) is 20.8 Å². The summed E-state index contributed by atoms with van der Waals surface area (Å²) in [7, 11) is 0. The molecule has 130 valence electrons. The molecule has 1 aromatic carbocycles. The summed E-state index contributed by atoms with van der Waals surface area (Å²) in [5, 5.41) is 10.4. The summed E-state index contributed by atoms with van der Waals surface area (Å²) in [6.07, 6.45) is 1.59. The van der Waals surface area contributed by atoms with Crippen molar-refractivity contribution in [2.24, 2.45) is 0 Å². The molecule has 0 saturated carbocycles. The second-order valence-electron chi connectivity index (χ2n) is 6.10. The lowest BCUT2D eigenvalue weighted by Crippen LogP contribution is -2.16. The summed E-state index contributed by atoms with van der Waals surface area (Å²) < 4.78 is 1.69. The zero-order chi connectivity index (χ0) is 18.3. The van der Waals surface area contributed by atoms with E-state index in [0.717, 1.165) is 39.0 Å². The van der Waals surface area contributed by atoms with Gasteiger partial charge in [-0.25, -0.2) is 14.5 Å². The molecule has 4 rings (SSSR count). The standard InChI is InChI=1S/C19H17N5OS/c1-11-8-18-20-9-16(12(2)24(18)23-11)19(25)22-15-6-4-14(5-7-15)17-10-26-13(3)21-17/h4-10H,1-3H3,(H,22,25). The number of benzene rings is 1. The second kappa shape index (κ2) is 6.34. The molecule has 4 aromatic rings. The Morgan fingerprint density at radius 1 is 1.15 bits per heavy atom. The van der Waals surface area contributed by atoms with E-state index in [2.05, 4.69) is 20.4 Å². The van der Waals surface area contributed by atoms with Gasteiger partial charge in [0.1, 0.15) is 0 Å². The van der Waals surface area contributed by atoms with Gasteiger partial charge in [0, 0.05) is 28.9 Å². The van der Waals surface area contributed by atoms with Gasteiger partial charge in [-0.2, -0.15) is 5.10 Å². The van der Waals surface area contributed by atoms with Crippen LogP contribution in [-0.2, 0) is 0 Å². The average Bonchev–Trinajstić information content (AvgIpc) is 3.21. The van der Waals surface area contributed by atoms with Crippen LogP contribution in [0.4, 0.5) is 5.69 Å². The Kier molecular flexibility index (Phi) is 4.00. The Morgan fingerprint density at radius 2 is 1.92 bits per heavy atom.